The Hall–Kier alpha value is -2.33. The molecule has 1 saturated heterocycles. The van der Waals surface area contributed by atoms with Gasteiger partial charge in [-0.05, 0) is 36.8 Å². The van der Waals surface area contributed by atoms with Gasteiger partial charge in [-0.2, -0.15) is 4.31 Å². The number of benzene rings is 2. The molecule has 0 radical (unpaired) electrons. The number of sulfonamides is 1. The number of carbonyl (C=O) groups is 1. The van der Waals surface area contributed by atoms with Crippen LogP contribution < -0.4 is 14.8 Å². The molecule has 0 atom stereocenters. The van der Waals surface area contributed by atoms with Crippen LogP contribution in [0.2, 0.25) is 5.02 Å². The lowest BCUT2D eigenvalue weighted by molar-refractivity contribution is 0.0729. The number of halogens is 1. The topological polar surface area (TPSA) is 94.2 Å². The van der Waals surface area contributed by atoms with Crippen LogP contribution in [0.25, 0.3) is 0 Å². The zero-order valence-electron chi connectivity index (χ0n) is 16.9. The number of nitrogens with zero attached hydrogens (tertiary/aromatic N) is 1. The lowest BCUT2D eigenvalue weighted by atomic mass is 10.1. The average molecular weight is 455 g/mol. The molecule has 1 aliphatic rings. The lowest BCUT2D eigenvalue weighted by Crippen LogP contribution is -2.40. The van der Waals surface area contributed by atoms with E-state index in [9.17, 15) is 13.2 Å². The number of nitrogens with one attached hydrogen (secondary N) is 1. The SMILES string of the molecule is COc1cc(Cl)c(C)cc1NC(=O)c1ccc(OC)c(S(=O)(=O)N2CCOCC2)c1. The van der Waals surface area contributed by atoms with E-state index in [1.807, 2.05) is 0 Å². The summed E-state index contributed by atoms with van der Waals surface area (Å²) in [6.07, 6.45) is 0. The zero-order valence-corrected chi connectivity index (χ0v) is 18.5. The van der Waals surface area contributed by atoms with E-state index < -0.39 is 15.9 Å². The van der Waals surface area contributed by atoms with Gasteiger partial charge in [-0.25, -0.2) is 8.42 Å². The number of methoxy groups -OCH3 is 2. The fourth-order valence-electron chi connectivity index (χ4n) is 3.07. The maximum atomic E-state index is 13.1. The lowest BCUT2D eigenvalue weighted by Gasteiger charge is -2.26. The van der Waals surface area contributed by atoms with E-state index in [0.717, 1.165) is 5.56 Å². The van der Waals surface area contributed by atoms with E-state index in [1.165, 1.54) is 36.7 Å². The molecule has 3 rings (SSSR count). The summed E-state index contributed by atoms with van der Waals surface area (Å²) in [6.45, 7) is 2.92. The molecule has 0 unspecified atom stereocenters. The third kappa shape index (κ3) is 4.54. The molecule has 0 aromatic heterocycles. The van der Waals surface area contributed by atoms with Gasteiger partial charge in [0.05, 0.1) is 33.1 Å². The van der Waals surface area contributed by atoms with Crippen molar-refractivity contribution in [3.8, 4) is 11.5 Å². The van der Waals surface area contributed by atoms with Gasteiger partial charge in [0.25, 0.3) is 5.91 Å². The summed E-state index contributed by atoms with van der Waals surface area (Å²) < 4.78 is 43.3. The van der Waals surface area contributed by atoms with Gasteiger partial charge >= 0.3 is 0 Å². The predicted octanol–water partition coefficient (Wildman–Crippen LogP) is 2.94. The molecule has 1 fully saturated rings. The molecule has 1 heterocycles. The van der Waals surface area contributed by atoms with E-state index in [-0.39, 0.29) is 29.3 Å². The molecule has 0 aliphatic carbocycles. The van der Waals surface area contributed by atoms with Crippen LogP contribution in [0.3, 0.4) is 0 Å². The third-order valence-electron chi connectivity index (χ3n) is 4.74. The molecule has 1 aliphatic heterocycles. The van der Waals surface area contributed by atoms with Crippen LogP contribution in [0, 0.1) is 6.92 Å². The van der Waals surface area contributed by atoms with Crippen LogP contribution in [0.1, 0.15) is 15.9 Å². The molecular formula is C20H23ClN2O6S. The normalized spacial score (nSPS) is 14.9. The highest BCUT2D eigenvalue weighted by Crippen LogP contribution is 2.32. The summed E-state index contributed by atoms with van der Waals surface area (Å²) in [4.78, 5) is 12.8. The number of hydrogen-bond acceptors (Lipinski definition) is 6. The Balaban J connectivity index is 1.95. The Morgan fingerprint density at radius 2 is 1.77 bits per heavy atom. The molecule has 1 amide bonds. The Kier molecular flexibility index (Phi) is 6.87. The van der Waals surface area contributed by atoms with E-state index in [2.05, 4.69) is 5.32 Å². The minimum absolute atomic E-state index is 0.0706. The first-order chi connectivity index (χ1) is 14.3. The molecule has 1 N–H and O–H groups in total. The summed E-state index contributed by atoms with van der Waals surface area (Å²) in [5, 5.41) is 3.26. The van der Waals surface area contributed by atoms with Crippen molar-refractivity contribution in [2.45, 2.75) is 11.8 Å². The first-order valence-electron chi connectivity index (χ1n) is 9.19. The Morgan fingerprint density at radius 3 is 2.40 bits per heavy atom. The van der Waals surface area contributed by atoms with Crippen LogP contribution in [0.4, 0.5) is 5.69 Å². The van der Waals surface area contributed by atoms with E-state index in [0.29, 0.717) is 29.7 Å². The van der Waals surface area contributed by atoms with Crippen molar-refractivity contribution >= 4 is 33.2 Å². The number of morpholine rings is 1. The summed E-state index contributed by atoms with van der Waals surface area (Å²) in [7, 11) is -1.000. The molecular weight excluding hydrogens is 432 g/mol. The molecule has 8 nitrogen and oxygen atoms in total. The standard InChI is InChI=1S/C20H23ClN2O6S/c1-13-10-16(18(28-3)12-15(13)21)22-20(24)14-4-5-17(27-2)19(11-14)30(25,26)23-6-8-29-9-7-23/h4-5,10-12H,6-9H2,1-3H3,(H,22,24). The summed E-state index contributed by atoms with van der Waals surface area (Å²) in [6, 6.07) is 7.57. The average Bonchev–Trinajstić information content (AvgIpc) is 2.76. The number of anilines is 1. The third-order valence-corrected chi connectivity index (χ3v) is 7.07. The van der Waals surface area contributed by atoms with Crippen LogP contribution in [0.15, 0.2) is 35.2 Å². The van der Waals surface area contributed by atoms with Crippen molar-refractivity contribution in [1.29, 1.82) is 0 Å². The largest absolute Gasteiger partial charge is 0.495 e. The van der Waals surface area contributed by atoms with Gasteiger partial charge in [-0.3, -0.25) is 4.79 Å². The summed E-state index contributed by atoms with van der Waals surface area (Å²) in [5.41, 5.74) is 1.35. The van der Waals surface area contributed by atoms with Crippen LogP contribution in [-0.2, 0) is 14.8 Å². The molecule has 0 bridgehead atoms. The Morgan fingerprint density at radius 1 is 1.10 bits per heavy atom. The number of rotatable bonds is 6. The zero-order chi connectivity index (χ0) is 21.9. The second-order valence-electron chi connectivity index (χ2n) is 6.64. The van der Waals surface area contributed by atoms with E-state index >= 15 is 0 Å². The quantitative estimate of drug-likeness (QED) is 0.721. The molecule has 2 aromatic rings. The fraction of sp³-hybridized carbons (Fsp3) is 0.350. The smallest absolute Gasteiger partial charge is 0.255 e. The monoisotopic (exact) mass is 454 g/mol. The van der Waals surface area contributed by atoms with Crippen LogP contribution in [0.5, 0.6) is 11.5 Å². The first kappa shape index (κ1) is 22.4. The van der Waals surface area contributed by atoms with Gasteiger partial charge in [-0.15, -0.1) is 0 Å². The molecule has 2 aromatic carbocycles. The maximum Gasteiger partial charge on any atom is 0.255 e. The van der Waals surface area contributed by atoms with Gasteiger partial charge in [0, 0.05) is 29.7 Å². The van der Waals surface area contributed by atoms with Crippen molar-refractivity contribution in [3.63, 3.8) is 0 Å². The Bertz CT molecular complexity index is 1050. The minimum Gasteiger partial charge on any atom is -0.495 e. The van der Waals surface area contributed by atoms with E-state index in [1.54, 1.807) is 19.1 Å². The van der Waals surface area contributed by atoms with Gasteiger partial charge < -0.3 is 19.5 Å². The number of hydrogen-bond donors (Lipinski definition) is 1. The highest BCUT2D eigenvalue weighted by Gasteiger charge is 2.30. The summed E-state index contributed by atoms with van der Waals surface area (Å²) >= 11 is 6.11. The highest BCUT2D eigenvalue weighted by atomic mass is 35.5. The second kappa shape index (κ2) is 9.22. The van der Waals surface area contributed by atoms with Gasteiger partial charge in [0.2, 0.25) is 10.0 Å². The first-order valence-corrected chi connectivity index (χ1v) is 11.0. The van der Waals surface area contributed by atoms with Crippen molar-refractivity contribution in [1.82, 2.24) is 4.31 Å². The molecule has 0 spiro atoms. The maximum absolute atomic E-state index is 13.1. The molecule has 30 heavy (non-hydrogen) atoms. The van der Waals surface area contributed by atoms with Crippen molar-refractivity contribution in [2.75, 3.05) is 45.8 Å². The van der Waals surface area contributed by atoms with Gasteiger partial charge in [-0.1, -0.05) is 11.6 Å². The molecule has 0 saturated carbocycles. The fourth-order valence-corrected chi connectivity index (χ4v) is 4.81. The number of aryl methyl sites for hydroxylation is 1. The molecule has 162 valence electrons. The van der Waals surface area contributed by atoms with Crippen molar-refractivity contribution < 1.29 is 27.4 Å². The second-order valence-corrected chi connectivity index (χ2v) is 8.95. The number of carbonyl (C=O) groups excluding carboxylic acids is 1. The van der Waals surface area contributed by atoms with Crippen LogP contribution >= 0.6 is 11.6 Å². The van der Waals surface area contributed by atoms with Gasteiger partial charge in [0.15, 0.2) is 0 Å². The van der Waals surface area contributed by atoms with Gasteiger partial charge in [0.1, 0.15) is 16.4 Å². The predicted molar refractivity (Wildman–Crippen MR) is 113 cm³/mol. The van der Waals surface area contributed by atoms with Crippen LogP contribution in [-0.4, -0.2) is 59.2 Å². The molecule has 10 heteroatoms. The highest BCUT2D eigenvalue weighted by molar-refractivity contribution is 7.89. The van der Waals surface area contributed by atoms with Crippen molar-refractivity contribution in [3.05, 3.63) is 46.5 Å². The number of ether oxygens (including phenoxy) is 3. The van der Waals surface area contributed by atoms with E-state index in [4.69, 9.17) is 25.8 Å². The number of amides is 1. The van der Waals surface area contributed by atoms with Crippen molar-refractivity contribution in [2.24, 2.45) is 0 Å². The summed E-state index contributed by atoms with van der Waals surface area (Å²) in [5.74, 6) is 0.0719. The minimum atomic E-state index is -3.85. The Labute approximate surface area is 180 Å².